The monoisotopic (exact) mass is 241 g/mol. The quantitative estimate of drug-likeness (QED) is 0.866. The lowest BCUT2D eigenvalue weighted by Crippen LogP contribution is -2.44. The first-order valence-electron chi connectivity index (χ1n) is 5.46. The molecular weight excluding hydrogens is 224 g/mol. The van der Waals surface area contributed by atoms with Crippen LogP contribution < -0.4 is 5.32 Å². The van der Waals surface area contributed by atoms with Crippen molar-refractivity contribution in [2.45, 2.75) is 38.7 Å². The third kappa shape index (κ3) is 4.13. The largest absolute Gasteiger partial charge is 0.351 e. The van der Waals surface area contributed by atoms with E-state index in [-0.39, 0.29) is 0 Å². The van der Waals surface area contributed by atoms with Crippen molar-refractivity contribution in [2.24, 2.45) is 0 Å². The topological polar surface area (TPSA) is 29.1 Å². The molecule has 0 radical (unpaired) electrons. The van der Waals surface area contributed by atoms with Gasteiger partial charge in [0.05, 0.1) is 0 Å². The second kappa shape index (κ2) is 5.25. The molecule has 0 aliphatic heterocycles. The minimum absolute atomic E-state index is 0.337. The van der Waals surface area contributed by atoms with E-state index < -0.39 is 23.8 Å². The Morgan fingerprint density at radius 1 is 1.18 bits per heavy atom. The van der Waals surface area contributed by atoms with Crippen LogP contribution in [0.3, 0.4) is 0 Å². The van der Waals surface area contributed by atoms with Gasteiger partial charge in [0.25, 0.3) is 6.43 Å². The van der Waals surface area contributed by atoms with Gasteiger partial charge in [-0.05, 0) is 26.3 Å². The molecule has 0 aliphatic rings. The molecule has 94 valence electrons. The first kappa shape index (κ1) is 13.6. The molecule has 0 aromatic heterocycles. The van der Waals surface area contributed by atoms with E-state index in [2.05, 4.69) is 5.32 Å². The summed E-state index contributed by atoms with van der Waals surface area (Å²) in [6.45, 7) is 5.29. The SMILES string of the molecule is CC(C)(C)NC(=O)C(c1ccccc1)C(F)F. The second-order valence-corrected chi connectivity index (χ2v) is 4.96. The van der Waals surface area contributed by atoms with Crippen molar-refractivity contribution in [1.29, 1.82) is 0 Å². The lowest BCUT2D eigenvalue weighted by atomic mass is 9.97. The zero-order chi connectivity index (χ0) is 13.1. The highest BCUT2D eigenvalue weighted by atomic mass is 19.3. The van der Waals surface area contributed by atoms with E-state index in [1.165, 1.54) is 0 Å². The summed E-state index contributed by atoms with van der Waals surface area (Å²) in [5, 5.41) is 2.58. The first-order valence-corrected chi connectivity index (χ1v) is 5.46. The van der Waals surface area contributed by atoms with Crippen LogP contribution in [0.5, 0.6) is 0 Å². The summed E-state index contributed by atoms with van der Waals surface area (Å²) in [6.07, 6.45) is -2.71. The fraction of sp³-hybridized carbons (Fsp3) is 0.462. The molecule has 17 heavy (non-hydrogen) atoms. The summed E-state index contributed by atoms with van der Waals surface area (Å²) in [4.78, 5) is 11.8. The van der Waals surface area contributed by atoms with Crippen LogP contribution in [-0.4, -0.2) is 17.9 Å². The number of rotatable bonds is 3. The predicted octanol–water partition coefficient (Wildman–Crippen LogP) is 2.95. The molecule has 1 N–H and O–H groups in total. The average Bonchev–Trinajstić information content (AvgIpc) is 2.15. The fourth-order valence-corrected chi connectivity index (χ4v) is 1.52. The summed E-state index contributed by atoms with van der Waals surface area (Å²) in [5.41, 5.74) is -0.178. The number of hydrogen-bond acceptors (Lipinski definition) is 1. The van der Waals surface area contributed by atoms with E-state index in [9.17, 15) is 13.6 Å². The molecule has 2 nitrogen and oxygen atoms in total. The lowest BCUT2D eigenvalue weighted by Gasteiger charge is -2.24. The normalized spacial score (nSPS) is 13.5. The zero-order valence-corrected chi connectivity index (χ0v) is 10.2. The Kier molecular flexibility index (Phi) is 4.21. The van der Waals surface area contributed by atoms with Gasteiger partial charge in [-0.15, -0.1) is 0 Å². The predicted molar refractivity (Wildman–Crippen MR) is 63.1 cm³/mol. The Bertz CT molecular complexity index is 371. The number of carbonyl (C=O) groups is 1. The van der Waals surface area contributed by atoms with Crippen LogP contribution in [0.4, 0.5) is 8.78 Å². The smallest absolute Gasteiger partial charge is 0.254 e. The van der Waals surface area contributed by atoms with Crippen LogP contribution in [0.1, 0.15) is 32.3 Å². The van der Waals surface area contributed by atoms with Gasteiger partial charge in [0.2, 0.25) is 5.91 Å². The molecule has 0 saturated carbocycles. The van der Waals surface area contributed by atoms with Crippen molar-refractivity contribution in [3.8, 4) is 0 Å². The Morgan fingerprint density at radius 3 is 2.12 bits per heavy atom. The Balaban J connectivity index is 2.92. The molecular formula is C13H17F2NO. The highest BCUT2D eigenvalue weighted by Gasteiger charge is 2.31. The molecule has 0 aliphatic carbocycles. The van der Waals surface area contributed by atoms with Gasteiger partial charge in [-0.1, -0.05) is 30.3 Å². The molecule has 0 fully saturated rings. The van der Waals surface area contributed by atoms with E-state index in [4.69, 9.17) is 0 Å². The van der Waals surface area contributed by atoms with Gasteiger partial charge in [0.15, 0.2) is 0 Å². The number of nitrogens with one attached hydrogen (secondary N) is 1. The van der Waals surface area contributed by atoms with Crippen LogP contribution in [0.15, 0.2) is 30.3 Å². The minimum Gasteiger partial charge on any atom is -0.351 e. The van der Waals surface area contributed by atoms with Crippen molar-refractivity contribution in [3.63, 3.8) is 0 Å². The highest BCUT2D eigenvalue weighted by molar-refractivity contribution is 5.84. The third-order valence-electron chi connectivity index (χ3n) is 2.19. The van der Waals surface area contributed by atoms with Gasteiger partial charge in [-0.25, -0.2) is 8.78 Å². The summed E-state index contributed by atoms with van der Waals surface area (Å²) in [7, 11) is 0. The van der Waals surface area contributed by atoms with Crippen LogP contribution in [0.25, 0.3) is 0 Å². The highest BCUT2D eigenvalue weighted by Crippen LogP contribution is 2.24. The summed E-state index contributed by atoms with van der Waals surface area (Å²) in [5.74, 6) is -2.05. The molecule has 1 aromatic rings. The summed E-state index contributed by atoms with van der Waals surface area (Å²) in [6, 6.07) is 8.11. The molecule has 1 amide bonds. The van der Waals surface area contributed by atoms with Crippen molar-refractivity contribution < 1.29 is 13.6 Å². The minimum atomic E-state index is -2.71. The van der Waals surface area contributed by atoms with Crippen molar-refractivity contribution >= 4 is 5.91 Å². The standard InChI is InChI=1S/C13H17F2NO/c1-13(2,3)16-12(17)10(11(14)15)9-7-5-4-6-8-9/h4-8,10-11H,1-3H3,(H,16,17). The Labute approximate surface area is 100 Å². The maximum Gasteiger partial charge on any atom is 0.254 e. The maximum atomic E-state index is 12.9. The van der Waals surface area contributed by atoms with Gasteiger partial charge in [-0.3, -0.25) is 4.79 Å². The molecule has 0 saturated heterocycles. The third-order valence-corrected chi connectivity index (χ3v) is 2.19. The molecule has 0 heterocycles. The number of benzene rings is 1. The van der Waals surface area contributed by atoms with Crippen LogP contribution in [0, 0.1) is 0 Å². The lowest BCUT2D eigenvalue weighted by molar-refractivity contribution is -0.127. The van der Waals surface area contributed by atoms with E-state index >= 15 is 0 Å². The second-order valence-electron chi connectivity index (χ2n) is 4.96. The maximum absolute atomic E-state index is 12.9. The van der Waals surface area contributed by atoms with Crippen molar-refractivity contribution in [1.82, 2.24) is 5.32 Å². The average molecular weight is 241 g/mol. The van der Waals surface area contributed by atoms with E-state index in [1.807, 2.05) is 0 Å². The van der Waals surface area contributed by atoms with Gasteiger partial charge < -0.3 is 5.32 Å². The Hall–Kier alpha value is -1.45. The van der Waals surface area contributed by atoms with Gasteiger partial charge >= 0.3 is 0 Å². The van der Waals surface area contributed by atoms with Gasteiger partial charge in [-0.2, -0.15) is 0 Å². The van der Waals surface area contributed by atoms with E-state index in [1.54, 1.807) is 51.1 Å². The molecule has 1 unspecified atom stereocenters. The number of alkyl halides is 2. The number of carbonyl (C=O) groups excluding carboxylic acids is 1. The first-order chi connectivity index (χ1) is 7.81. The molecule has 1 aromatic carbocycles. The van der Waals surface area contributed by atoms with E-state index in [0.717, 1.165) is 0 Å². The van der Waals surface area contributed by atoms with Crippen LogP contribution in [0.2, 0.25) is 0 Å². The molecule has 1 atom stereocenters. The molecule has 0 bridgehead atoms. The van der Waals surface area contributed by atoms with Crippen molar-refractivity contribution in [3.05, 3.63) is 35.9 Å². The summed E-state index contributed by atoms with van der Waals surface area (Å²) < 4.78 is 25.9. The zero-order valence-electron chi connectivity index (χ0n) is 10.2. The number of halogens is 2. The number of hydrogen-bond donors (Lipinski definition) is 1. The van der Waals surface area contributed by atoms with E-state index in [0.29, 0.717) is 5.56 Å². The van der Waals surface area contributed by atoms with Crippen LogP contribution >= 0.6 is 0 Å². The Morgan fingerprint density at radius 2 is 1.71 bits per heavy atom. The molecule has 1 rings (SSSR count). The van der Waals surface area contributed by atoms with Crippen LogP contribution in [-0.2, 0) is 4.79 Å². The van der Waals surface area contributed by atoms with Crippen molar-refractivity contribution in [2.75, 3.05) is 0 Å². The number of amides is 1. The molecule has 4 heteroatoms. The van der Waals surface area contributed by atoms with Gasteiger partial charge in [0.1, 0.15) is 5.92 Å². The molecule has 0 spiro atoms. The van der Waals surface area contributed by atoms with Gasteiger partial charge in [0, 0.05) is 5.54 Å². The fourth-order valence-electron chi connectivity index (χ4n) is 1.52. The summed E-state index contributed by atoms with van der Waals surface area (Å²) >= 11 is 0.